The molecule has 1 aromatic rings. The van der Waals surface area contributed by atoms with Gasteiger partial charge < -0.3 is 4.74 Å². The number of aromatic nitrogens is 3. The molecule has 0 saturated heterocycles. The predicted octanol–water partition coefficient (Wildman–Crippen LogP) is 0.660. The largest absolute Gasteiger partial charge is 0.477 e. The van der Waals surface area contributed by atoms with Crippen LogP contribution < -0.4 is 4.74 Å². The normalized spacial score (nSPS) is 9.30. The first-order chi connectivity index (χ1) is 4.93. The van der Waals surface area contributed by atoms with Crippen molar-refractivity contribution >= 4 is 0 Å². The molecule has 0 aliphatic heterocycles. The van der Waals surface area contributed by atoms with Crippen LogP contribution in [0, 0.1) is 0 Å². The average Bonchev–Trinajstić information content (AvgIpc) is 2.03. The Bertz CT molecular complexity index is 178. The van der Waals surface area contributed by atoms with Crippen molar-refractivity contribution in [1.29, 1.82) is 0 Å². The molecule has 4 heteroatoms. The summed E-state index contributed by atoms with van der Waals surface area (Å²) < 4.78 is 5.14. The lowest BCUT2D eigenvalue weighted by atomic mass is 10.5. The Balaban J connectivity index is 2.43. The number of ether oxygens (including phenoxy) is 1. The summed E-state index contributed by atoms with van der Waals surface area (Å²) in [6.45, 7) is 2.72. The zero-order chi connectivity index (χ0) is 7.23. The summed E-state index contributed by atoms with van der Waals surface area (Å²) in [5.41, 5.74) is 0. The van der Waals surface area contributed by atoms with Gasteiger partial charge in [0.05, 0.1) is 12.8 Å². The van der Waals surface area contributed by atoms with E-state index in [1.54, 1.807) is 12.3 Å². The second kappa shape index (κ2) is 3.76. The van der Waals surface area contributed by atoms with Gasteiger partial charge in [-0.05, 0) is 11.6 Å². The van der Waals surface area contributed by atoms with Crippen LogP contribution in [0.2, 0.25) is 0 Å². The molecule has 1 rings (SSSR count). The van der Waals surface area contributed by atoms with Crippen molar-refractivity contribution in [3.63, 3.8) is 0 Å². The van der Waals surface area contributed by atoms with E-state index in [2.05, 4.69) is 15.4 Å². The summed E-state index contributed by atoms with van der Waals surface area (Å²) in [6.07, 6.45) is 2.53. The van der Waals surface area contributed by atoms with Crippen LogP contribution in [0.5, 0.6) is 5.88 Å². The monoisotopic (exact) mass is 139 g/mol. The molecule has 0 spiro atoms. The quantitative estimate of drug-likeness (QED) is 0.617. The fourth-order valence-electron chi connectivity index (χ4n) is 0.514. The van der Waals surface area contributed by atoms with Crippen LogP contribution in [0.15, 0.2) is 12.3 Å². The van der Waals surface area contributed by atoms with Crippen LogP contribution in [0.1, 0.15) is 13.3 Å². The van der Waals surface area contributed by atoms with Crippen LogP contribution in [0.25, 0.3) is 0 Å². The highest BCUT2D eigenvalue weighted by Gasteiger charge is 1.90. The van der Waals surface area contributed by atoms with Crippen LogP contribution in [0.3, 0.4) is 0 Å². The summed E-state index contributed by atoms with van der Waals surface area (Å²) in [6, 6.07) is 1.68. The standard InChI is InChI=1S/C6H9N3O/c1-2-5-10-6-3-4-7-9-8-6/h3-4H,2,5H2,1H3. The van der Waals surface area contributed by atoms with E-state index < -0.39 is 0 Å². The lowest BCUT2D eigenvalue weighted by Gasteiger charge is -1.98. The molecule has 0 N–H and O–H groups in total. The van der Waals surface area contributed by atoms with Gasteiger partial charge in [-0.2, -0.15) is 0 Å². The topological polar surface area (TPSA) is 47.9 Å². The van der Waals surface area contributed by atoms with Gasteiger partial charge in [-0.25, -0.2) is 0 Å². The fourth-order valence-corrected chi connectivity index (χ4v) is 0.514. The van der Waals surface area contributed by atoms with E-state index in [-0.39, 0.29) is 0 Å². The second-order valence-corrected chi connectivity index (χ2v) is 1.81. The molecule has 1 aromatic heterocycles. The molecule has 0 fully saturated rings. The van der Waals surface area contributed by atoms with Gasteiger partial charge in [0.2, 0.25) is 5.88 Å². The first kappa shape index (κ1) is 6.92. The number of hydrogen-bond donors (Lipinski definition) is 0. The number of rotatable bonds is 3. The van der Waals surface area contributed by atoms with Crippen molar-refractivity contribution in [2.45, 2.75) is 13.3 Å². The SMILES string of the molecule is CCCOc1ccnnn1. The zero-order valence-corrected chi connectivity index (χ0v) is 5.82. The molecule has 10 heavy (non-hydrogen) atoms. The molecular weight excluding hydrogens is 130 g/mol. The van der Waals surface area contributed by atoms with E-state index >= 15 is 0 Å². The Labute approximate surface area is 59.2 Å². The van der Waals surface area contributed by atoms with E-state index in [0.717, 1.165) is 6.42 Å². The van der Waals surface area contributed by atoms with Crippen molar-refractivity contribution in [3.05, 3.63) is 12.3 Å². The minimum absolute atomic E-state index is 0.539. The third-order valence-corrected chi connectivity index (χ3v) is 0.933. The molecule has 0 unspecified atom stereocenters. The maximum absolute atomic E-state index is 5.14. The van der Waals surface area contributed by atoms with Crippen molar-refractivity contribution in [2.75, 3.05) is 6.61 Å². The second-order valence-electron chi connectivity index (χ2n) is 1.81. The molecule has 0 aromatic carbocycles. The highest BCUT2D eigenvalue weighted by Crippen LogP contribution is 1.99. The summed E-state index contributed by atoms with van der Waals surface area (Å²) >= 11 is 0. The lowest BCUT2D eigenvalue weighted by Crippen LogP contribution is -1.98. The molecule has 0 saturated carbocycles. The molecule has 0 aliphatic carbocycles. The van der Waals surface area contributed by atoms with E-state index in [1.165, 1.54) is 0 Å². The molecule has 4 nitrogen and oxygen atoms in total. The third kappa shape index (κ3) is 1.97. The van der Waals surface area contributed by atoms with Crippen LogP contribution in [0.4, 0.5) is 0 Å². The minimum atomic E-state index is 0.539. The summed E-state index contributed by atoms with van der Waals surface area (Å²) in [7, 11) is 0. The van der Waals surface area contributed by atoms with Gasteiger partial charge >= 0.3 is 0 Å². The maximum Gasteiger partial charge on any atom is 0.236 e. The molecule has 54 valence electrons. The van der Waals surface area contributed by atoms with Crippen molar-refractivity contribution in [2.24, 2.45) is 0 Å². The highest BCUT2D eigenvalue weighted by atomic mass is 16.5. The highest BCUT2D eigenvalue weighted by molar-refractivity contribution is 5.01. The van der Waals surface area contributed by atoms with Gasteiger partial charge in [0, 0.05) is 6.07 Å². The van der Waals surface area contributed by atoms with E-state index in [1.807, 2.05) is 6.92 Å². The smallest absolute Gasteiger partial charge is 0.236 e. The van der Waals surface area contributed by atoms with Gasteiger partial charge in [0.25, 0.3) is 0 Å². The summed E-state index contributed by atoms with van der Waals surface area (Å²) in [4.78, 5) is 0. The Hall–Kier alpha value is -1.19. The predicted molar refractivity (Wildman–Crippen MR) is 35.6 cm³/mol. The Morgan fingerprint density at radius 2 is 2.50 bits per heavy atom. The number of nitrogens with zero attached hydrogens (tertiary/aromatic N) is 3. The van der Waals surface area contributed by atoms with Crippen LogP contribution in [-0.2, 0) is 0 Å². The van der Waals surface area contributed by atoms with E-state index in [0.29, 0.717) is 12.5 Å². The number of hydrogen-bond acceptors (Lipinski definition) is 4. The molecule has 1 heterocycles. The zero-order valence-electron chi connectivity index (χ0n) is 5.82. The Morgan fingerprint density at radius 3 is 3.10 bits per heavy atom. The van der Waals surface area contributed by atoms with Gasteiger partial charge in [0.15, 0.2) is 0 Å². The fraction of sp³-hybridized carbons (Fsp3) is 0.500. The van der Waals surface area contributed by atoms with Crippen molar-refractivity contribution in [3.8, 4) is 5.88 Å². The lowest BCUT2D eigenvalue weighted by molar-refractivity contribution is 0.300. The average molecular weight is 139 g/mol. The first-order valence-corrected chi connectivity index (χ1v) is 3.20. The maximum atomic E-state index is 5.14. The van der Waals surface area contributed by atoms with E-state index in [9.17, 15) is 0 Å². The molecule has 0 atom stereocenters. The molecule has 0 radical (unpaired) electrons. The molecule has 0 bridgehead atoms. The van der Waals surface area contributed by atoms with Gasteiger partial charge in [-0.3, -0.25) is 0 Å². The molecule has 0 amide bonds. The molecular formula is C6H9N3O. The van der Waals surface area contributed by atoms with Crippen LogP contribution in [-0.4, -0.2) is 22.0 Å². The molecule has 0 aliphatic rings. The first-order valence-electron chi connectivity index (χ1n) is 3.20. The third-order valence-electron chi connectivity index (χ3n) is 0.933. The minimum Gasteiger partial charge on any atom is -0.477 e. The van der Waals surface area contributed by atoms with Gasteiger partial charge in [-0.15, -0.1) is 5.10 Å². The van der Waals surface area contributed by atoms with E-state index in [4.69, 9.17) is 4.74 Å². The van der Waals surface area contributed by atoms with Crippen LogP contribution >= 0.6 is 0 Å². The van der Waals surface area contributed by atoms with Crippen molar-refractivity contribution < 1.29 is 4.74 Å². The Kier molecular flexibility index (Phi) is 2.61. The van der Waals surface area contributed by atoms with Gasteiger partial charge in [0.1, 0.15) is 0 Å². The van der Waals surface area contributed by atoms with Gasteiger partial charge in [-0.1, -0.05) is 12.0 Å². The van der Waals surface area contributed by atoms with Crippen molar-refractivity contribution in [1.82, 2.24) is 15.4 Å². The summed E-state index contributed by atoms with van der Waals surface area (Å²) in [5.74, 6) is 0.539. The summed E-state index contributed by atoms with van der Waals surface area (Å²) in [5, 5.41) is 10.6. The Morgan fingerprint density at radius 1 is 1.60 bits per heavy atom.